The van der Waals surface area contributed by atoms with Crippen LogP contribution in [0.5, 0.6) is 0 Å². The number of H-pyrrole nitrogens is 1. The number of aromatic nitrogens is 1. The van der Waals surface area contributed by atoms with E-state index in [2.05, 4.69) is 4.98 Å². The van der Waals surface area contributed by atoms with E-state index in [9.17, 15) is 13.2 Å². The predicted octanol–water partition coefficient (Wildman–Crippen LogP) is 2.48. The Balaban J connectivity index is 2.42. The predicted molar refractivity (Wildman–Crippen MR) is 68.4 cm³/mol. The number of ketones is 1. The second-order valence-electron chi connectivity index (χ2n) is 3.82. The first kappa shape index (κ1) is 12.9. The largest absolute Gasteiger partial charge is 0.342 e. The van der Waals surface area contributed by atoms with Gasteiger partial charge in [-0.1, -0.05) is 24.3 Å². The molecule has 0 atom stereocenters. The number of carbonyl (C=O) groups is 1. The average Bonchev–Trinajstić information content (AvgIpc) is 2.77. The van der Waals surface area contributed by atoms with Crippen LogP contribution in [0.3, 0.4) is 0 Å². The van der Waals surface area contributed by atoms with Gasteiger partial charge in [-0.2, -0.15) is 0 Å². The molecular formula is C12H10ClNO3S. The van der Waals surface area contributed by atoms with E-state index in [-0.39, 0.29) is 16.5 Å². The number of aromatic amines is 1. The first-order valence-corrected chi connectivity index (χ1v) is 7.44. The molecule has 4 nitrogen and oxygen atoms in total. The Kier molecular flexibility index (Phi) is 3.28. The molecule has 1 aromatic carbocycles. The van der Waals surface area contributed by atoms with E-state index in [4.69, 9.17) is 10.7 Å². The Morgan fingerprint density at radius 3 is 2.39 bits per heavy atom. The Labute approximate surface area is 109 Å². The zero-order valence-electron chi connectivity index (χ0n) is 9.48. The average molecular weight is 284 g/mol. The fourth-order valence-electron chi connectivity index (χ4n) is 1.62. The quantitative estimate of drug-likeness (QED) is 0.695. The molecular weight excluding hydrogens is 274 g/mol. The monoisotopic (exact) mass is 283 g/mol. The molecule has 0 spiro atoms. The minimum Gasteiger partial charge on any atom is -0.342 e. The standard InChI is InChI=1S/C12H10ClNO3S/c1-8-4-2-3-5-9(8)12(15)10-6-7-11(14-10)18(13,16)17/h2-7,14H,1H3. The highest BCUT2D eigenvalue weighted by atomic mass is 35.7. The maximum absolute atomic E-state index is 12.1. The summed E-state index contributed by atoms with van der Waals surface area (Å²) in [6.45, 7) is 1.81. The van der Waals surface area contributed by atoms with Crippen molar-refractivity contribution < 1.29 is 13.2 Å². The van der Waals surface area contributed by atoms with Gasteiger partial charge in [0.1, 0.15) is 5.03 Å². The Bertz CT molecular complexity index is 704. The summed E-state index contributed by atoms with van der Waals surface area (Å²) < 4.78 is 22.2. The zero-order chi connectivity index (χ0) is 13.3. The van der Waals surface area contributed by atoms with Crippen LogP contribution in [0.25, 0.3) is 0 Å². The summed E-state index contributed by atoms with van der Waals surface area (Å²) in [5.74, 6) is -0.264. The lowest BCUT2D eigenvalue weighted by Gasteiger charge is -2.02. The number of benzene rings is 1. The summed E-state index contributed by atoms with van der Waals surface area (Å²) in [4.78, 5) is 14.6. The fraction of sp³-hybridized carbons (Fsp3) is 0.0833. The SMILES string of the molecule is Cc1ccccc1C(=O)c1ccc(S(=O)(=O)Cl)[nH]1. The van der Waals surface area contributed by atoms with Crippen LogP contribution in [0.2, 0.25) is 0 Å². The van der Waals surface area contributed by atoms with Crippen molar-refractivity contribution >= 4 is 25.5 Å². The molecule has 0 aliphatic rings. The van der Waals surface area contributed by atoms with E-state index in [0.29, 0.717) is 5.56 Å². The molecule has 2 rings (SSSR count). The van der Waals surface area contributed by atoms with Crippen molar-refractivity contribution in [2.24, 2.45) is 0 Å². The minimum absolute atomic E-state index is 0.180. The van der Waals surface area contributed by atoms with E-state index in [1.807, 2.05) is 19.1 Å². The number of aryl methyl sites for hydroxylation is 1. The first-order chi connectivity index (χ1) is 8.39. The molecule has 0 amide bonds. The number of carbonyl (C=O) groups excluding carboxylic acids is 1. The molecule has 0 aliphatic heterocycles. The molecule has 18 heavy (non-hydrogen) atoms. The van der Waals surface area contributed by atoms with Crippen molar-refractivity contribution in [3.8, 4) is 0 Å². The van der Waals surface area contributed by atoms with Gasteiger partial charge in [-0.3, -0.25) is 4.79 Å². The summed E-state index contributed by atoms with van der Waals surface area (Å²) in [7, 11) is 1.34. The molecule has 1 N–H and O–H groups in total. The highest BCUT2D eigenvalue weighted by molar-refractivity contribution is 8.13. The van der Waals surface area contributed by atoms with Crippen molar-refractivity contribution in [1.82, 2.24) is 4.98 Å². The van der Waals surface area contributed by atoms with Gasteiger partial charge in [0.25, 0.3) is 9.05 Å². The summed E-state index contributed by atoms with van der Waals surface area (Å²) in [6.07, 6.45) is 0. The Morgan fingerprint density at radius 1 is 1.17 bits per heavy atom. The van der Waals surface area contributed by atoms with Crippen molar-refractivity contribution in [2.75, 3.05) is 0 Å². The number of rotatable bonds is 3. The van der Waals surface area contributed by atoms with E-state index >= 15 is 0 Å². The van der Waals surface area contributed by atoms with Gasteiger partial charge >= 0.3 is 0 Å². The third-order valence-electron chi connectivity index (χ3n) is 2.56. The van der Waals surface area contributed by atoms with Crippen LogP contribution in [0.15, 0.2) is 41.4 Å². The molecule has 94 valence electrons. The summed E-state index contributed by atoms with van der Waals surface area (Å²) in [5.41, 5.74) is 1.55. The summed E-state index contributed by atoms with van der Waals surface area (Å²) in [6, 6.07) is 9.76. The molecule has 0 radical (unpaired) electrons. The topological polar surface area (TPSA) is 67.0 Å². The van der Waals surface area contributed by atoms with Crippen molar-refractivity contribution in [2.45, 2.75) is 11.9 Å². The highest BCUT2D eigenvalue weighted by Crippen LogP contribution is 2.17. The summed E-state index contributed by atoms with van der Waals surface area (Å²) >= 11 is 0. The third-order valence-corrected chi connectivity index (χ3v) is 3.82. The van der Waals surface area contributed by atoms with Crippen LogP contribution in [0, 0.1) is 6.92 Å². The number of nitrogens with one attached hydrogen (secondary N) is 1. The molecule has 0 saturated heterocycles. The van der Waals surface area contributed by atoms with Gasteiger partial charge in [0, 0.05) is 16.2 Å². The van der Waals surface area contributed by atoms with E-state index < -0.39 is 9.05 Å². The maximum atomic E-state index is 12.1. The van der Waals surface area contributed by atoms with Crippen LogP contribution in [-0.2, 0) is 9.05 Å². The van der Waals surface area contributed by atoms with Gasteiger partial charge < -0.3 is 4.98 Å². The normalized spacial score (nSPS) is 11.4. The van der Waals surface area contributed by atoms with Crippen molar-refractivity contribution in [1.29, 1.82) is 0 Å². The molecule has 0 saturated carbocycles. The van der Waals surface area contributed by atoms with Crippen LogP contribution < -0.4 is 0 Å². The van der Waals surface area contributed by atoms with Crippen LogP contribution >= 0.6 is 10.7 Å². The Morgan fingerprint density at radius 2 is 1.83 bits per heavy atom. The lowest BCUT2D eigenvalue weighted by Crippen LogP contribution is -2.04. The maximum Gasteiger partial charge on any atom is 0.276 e. The second-order valence-corrected chi connectivity index (χ2v) is 6.35. The van der Waals surface area contributed by atoms with Gasteiger partial charge in [0.05, 0.1) is 5.69 Å². The van der Waals surface area contributed by atoms with E-state index in [1.54, 1.807) is 12.1 Å². The van der Waals surface area contributed by atoms with Crippen molar-refractivity contribution in [3.63, 3.8) is 0 Å². The third kappa shape index (κ3) is 2.47. The molecule has 0 bridgehead atoms. The molecule has 6 heteroatoms. The second kappa shape index (κ2) is 4.59. The van der Waals surface area contributed by atoms with Crippen LogP contribution in [0.1, 0.15) is 21.6 Å². The molecule has 1 aromatic heterocycles. The van der Waals surface area contributed by atoms with E-state index in [1.165, 1.54) is 12.1 Å². The van der Waals surface area contributed by atoms with Gasteiger partial charge in [0.2, 0.25) is 5.78 Å². The molecule has 2 aromatic rings. The van der Waals surface area contributed by atoms with Gasteiger partial charge in [-0.05, 0) is 24.6 Å². The van der Waals surface area contributed by atoms with Crippen LogP contribution in [-0.4, -0.2) is 19.2 Å². The number of hydrogen-bond donors (Lipinski definition) is 1. The van der Waals surface area contributed by atoms with Gasteiger partial charge in [-0.15, -0.1) is 0 Å². The van der Waals surface area contributed by atoms with Crippen molar-refractivity contribution in [3.05, 3.63) is 53.2 Å². The number of halogens is 1. The smallest absolute Gasteiger partial charge is 0.276 e. The molecule has 0 fully saturated rings. The lowest BCUT2D eigenvalue weighted by molar-refractivity contribution is 0.103. The van der Waals surface area contributed by atoms with Gasteiger partial charge in [-0.25, -0.2) is 8.42 Å². The molecule has 1 heterocycles. The van der Waals surface area contributed by atoms with E-state index in [0.717, 1.165) is 5.56 Å². The molecule has 0 aliphatic carbocycles. The Hall–Kier alpha value is -1.59. The summed E-state index contributed by atoms with van der Waals surface area (Å²) in [5, 5.41) is -0.180. The number of hydrogen-bond acceptors (Lipinski definition) is 3. The fourth-order valence-corrected chi connectivity index (χ4v) is 2.35. The first-order valence-electron chi connectivity index (χ1n) is 5.13. The van der Waals surface area contributed by atoms with Gasteiger partial charge in [0.15, 0.2) is 0 Å². The minimum atomic E-state index is -3.84. The molecule has 0 unspecified atom stereocenters. The van der Waals surface area contributed by atoms with Crippen LogP contribution in [0.4, 0.5) is 0 Å². The lowest BCUT2D eigenvalue weighted by atomic mass is 10.0. The zero-order valence-corrected chi connectivity index (χ0v) is 11.0. The highest BCUT2D eigenvalue weighted by Gasteiger charge is 2.17.